The highest BCUT2D eigenvalue weighted by atomic mass is 19.1. The van der Waals surface area contributed by atoms with Gasteiger partial charge in [0.15, 0.2) is 5.69 Å². The molecule has 0 saturated carbocycles. The molecule has 0 atom stereocenters. The van der Waals surface area contributed by atoms with Crippen molar-refractivity contribution in [3.8, 4) is 17.2 Å². The normalized spacial score (nSPS) is 13.7. The second kappa shape index (κ2) is 7.09. The molecule has 2 aromatic rings. The summed E-state index contributed by atoms with van der Waals surface area (Å²) in [6.45, 7) is 1.16. The van der Waals surface area contributed by atoms with Gasteiger partial charge in [-0.25, -0.2) is 9.37 Å². The van der Waals surface area contributed by atoms with Gasteiger partial charge in [-0.3, -0.25) is 9.59 Å². The molecule has 1 aliphatic rings. The summed E-state index contributed by atoms with van der Waals surface area (Å²) in [5, 5.41) is 2.92. The number of nitrogens with zero attached hydrogens (tertiary/aromatic N) is 2. The number of ether oxygens (including phenoxy) is 1. The summed E-state index contributed by atoms with van der Waals surface area (Å²) >= 11 is 0. The summed E-state index contributed by atoms with van der Waals surface area (Å²) in [7, 11) is 5.17. The van der Waals surface area contributed by atoms with Gasteiger partial charge in [-0.1, -0.05) is 6.07 Å². The summed E-state index contributed by atoms with van der Waals surface area (Å²) in [4.78, 5) is 30.8. The highest BCUT2D eigenvalue weighted by Gasteiger charge is 2.33. The van der Waals surface area contributed by atoms with Crippen molar-refractivity contribution in [3.05, 3.63) is 47.2 Å². The quantitative estimate of drug-likeness (QED) is 0.843. The minimum absolute atomic E-state index is 0.0351. The second-order valence-electron chi connectivity index (χ2n) is 6.00. The molecule has 0 radical (unpaired) electrons. The molecule has 136 valence electrons. The molecule has 1 heterocycles. The number of nitrogens with one attached hydrogen (secondary N) is 1. The Balaban J connectivity index is 1.94. The average molecular weight is 359 g/mol. The Labute approximate surface area is 149 Å². The van der Waals surface area contributed by atoms with Gasteiger partial charge in [0.05, 0.1) is 12.8 Å². The summed E-state index contributed by atoms with van der Waals surface area (Å²) in [5.41, 5.74) is -0.0341. The van der Waals surface area contributed by atoms with E-state index in [1.54, 1.807) is 0 Å². The molecule has 7 nitrogen and oxygen atoms in total. The lowest BCUT2D eigenvalue weighted by atomic mass is 10.0. The number of rotatable bonds is 6. The van der Waals surface area contributed by atoms with Crippen molar-refractivity contribution in [1.82, 2.24) is 15.2 Å². The number of methoxy groups -OCH3 is 1. The molecule has 0 saturated heterocycles. The minimum atomic E-state index is -0.625. The van der Waals surface area contributed by atoms with Gasteiger partial charge in [-0.05, 0) is 26.2 Å². The van der Waals surface area contributed by atoms with E-state index in [2.05, 4.69) is 10.3 Å². The number of hydrogen-bond donors (Lipinski definition) is 1. The molecule has 0 spiro atoms. The topological polar surface area (TPSA) is 84.7 Å². The fraction of sp³-hybridized carbons (Fsp3) is 0.278. The van der Waals surface area contributed by atoms with Crippen LogP contribution in [0.15, 0.2) is 34.4 Å². The molecule has 1 aromatic carbocycles. The Kier molecular flexibility index (Phi) is 4.85. The summed E-state index contributed by atoms with van der Waals surface area (Å²) < 4.78 is 24.8. The first kappa shape index (κ1) is 17.8. The minimum Gasteiger partial charge on any atom is -0.496 e. The van der Waals surface area contributed by atoms with E-state index < -0.39 is 17.4 Å². The summed E-state index contributed by atoms with van der Waals surface area (Å²) in [6.07, 6.45) is 1.19. The van der Waals surface area contributed by atoms with Gasteiger partial charge in [0.1, 0.15) is 17.1 Å². The number of halogens is 1. The first-order chi connectivity index (χ1) is 12.4. The number of likely N-dealkylation sites (N-methyl/N-ethyl adjacent to an activating group) is 1. The van der Waals surface area contributed by atoms with Gasteiger partial charge in [0, 0.05) is 19.2 Å². The SMILES string of the molecule is COc1cccc(F)c1-c1nc2c(o1)C(=O)C(NCCN(C)C)=CC2=O. The maximum absolute atomic E-state index is 14.2. The Hall–Kier alpha value is -3.00. The number of hydrogen-bond acceptors (Lipinski definition) is 7. The highest BCUT2D eigenvalue weighted by molar-refractivity contribution is 6.22. The molecule has 1 aromatic heterocycles. The van der Waals surface area contributed by atoms with Crippen molar-refractivity contribution in [2.24, 2.45) is 0 Å². The maximum atomic E-state index is 14.2. The van der Waals surface area contributed by atoms with Crippen molar-refractivity contribution in [2.45, 2.75) is 0 Å². The lowest BCUT2D eigenvalue weighted by molar-refractivity contribution is 0.0956. The molecule has 0 aliphatic heterocycles. The number of Topliss-reactive ketones (excluding diaryl/α,β-unsaturated/α-hetero) is 1. The van der Waals surface area contributed by atoms with Gasteiger partial charge < -0.3 is 19.4 Å². The second-order valence-corrected chi connectivity index (χ2v) is 6.00. The van der Waals surface area contributed by atoms with Gasteiger partial charge in [0.25, 0.3) is 0 Å². The van der Waals surface area contributed by atoms with Crippen LogP contribution >= 0.6 is 0 Å². The van der Waals surface area contributed by atoms with Gasteiger partial charge in [0.2, 0.25) is 23.2 Å². The lowest BCUT2D eigenvalue weighted by Gasteiger charge is -2.14. The fourth-order valence-electron chi connectivity index (χ4n) is 2.56. The molecule has 3 rings (SSSR count). The van der Waals surface area contributed by atoms with Crippen molar-refractivity contribution < 1.29 is 23.1 Å². The monoisotopic (exact) mass is 359 g/mol. The Morgan fingerprint density at radius 2 is 2.08 bits per heavy atom. The van der Waals surface area contributed by atoms with Gasteiger partial charge >= 0.3 is 0 Å². The number of benzene rings is 1. The van der Waals surface area contributed by atoms with Gasteiger partial charge in [-0.15, -0.1) is 0 Å². The highest BCUT2D eigenvalue weighted by Crippen LogP contribution is 2.34. The van der Waals surface area contributed by atoms with Crippen LogP contribution in [0.4, 0.5) is 4.39 Å². The number of ketones is 2. The zero-order chi connectivity index (χ0) is 18.8. The third-order valence-corrected chi connectivity index (χ3v) is 3.87. The van der Waals surface area contributed by atoms with E-state index in [1.165, 1.54) is 31.4 Å². The summed E-state index contributed by atoms with van der Waals surface area (Å²) in [5.74, 6) is -1.77. The predicted octanol–water partition coefficient (Wildman–Crippen LogP) is 1.90. The van der Waals surface area contributed by atoms with E-state index in [9.17, 15) is 14.0 Å². The van der Waals surface area contributed by atoms with Crippen LogP contribution in [0.25, 0.3) is 11.5 Å². The van der Waals surface area contributed by atoms with E-state index in [0.717, 1.165) is 0 Å². The van der Waals surface area contributed by atoms with E-state index in [-0.39, 0.29) is 34.4 Å². The molecule has 1 aliphatic carbocycles. The van der Waals surface area contributed by atoms with Crippen LogP contribution in [0.2, 0.25) is 0 Å². The zero-order valence-electron chi connectivity index (χ0n) is 14.6. The van der Waals surface area contributed by atoms with Crippen LogP contribution < -0.4 is 10.1 Å². The molecule has 8 heteroatoms. The number of aromatic nitrogens is 1. The first-order valence-corrected chi connectivity index (χ1v) is 7.95. The lowest BCUT2D eigenvalue weighted by Crippen LogP contribution is -2.31. The molecule has 26 heavy (non-hydrogen) atoms. The third-order valence-electron chi connectivity index (χ3n) is 3.87. The molecule has 0 unspecified atom stereocenters. The Morgan fingerprint density at radius 3 is 2.77 bits per heavy atom. The molecule has 0 bridgehead atoms. The number of oxazole rings is 1. The predicted molar refractivity (Wildman–Crippen MR) is 91.7 cm³/mol. The number of carbonyl (C=O) groups is 2. The van der Waals surface area contributed by atoms with Crippen molar-refractivity contribution >= 4 is 11.6 Å². The standard InChI is InChI=1S/C18H18FN3O4/c1-22(2)8-7-20-11-9-12(23)15-17(16(11)24)26-18(21-15)14-10(19)5-4-6-13(14)25-3/h4-6,9,20H,7-8H2,1-3H3. The third kappa shape index (κ3) is 3.23. The first-order valence-electron chi connectivity index (χ1n) is 7.95. The molecule has 0 amide bonds. The molecule has 1 N–H and O–H groups in total. The molecular formula is C18H18FN3O4. The Bertz CT molecular complexity index is 902. The molecule has 0 fully saturated rings. The largest absolute Gasteiger partial charge is 0.496 e. The van der Waals surface area contributed by atoms with Crippen molar-refractivity contribution in [2.75, 3.05) is 34.3 Å². The maximum Gasteiger partial charge on any atom is 0.246 e. The van der Waals surface area contributed by atoms with E-state index >= 15 is 0 Å². The van der Waals surface area contributed by atoms with Crippen LogP contribution in [0, 0.1) is 5.82 Å². The zero-order valence-corrected chi connectivity index (χ0v) is 14.6. The molecular weight excluding hydrogens is 341 g/mol. The fourth-order valence-corrected chi connectivity index (χ4v) is 2.56. The average Bonchev–Trinajstić information content (AvgIpc) is 3.04. The van der Waals surface area contributed by atoms with E-state index in [4.69, 9.17) is 9.15 Å². The number of fused-ring (bicyclic) bond motifs is 1. The van der Waals surface area contributed by atoms with E-state index in [1.807, 2.05) is 19.0 Å². The Morgan fingerprint density at radius 1 is 1.31 bits per heavy atom. The smallest absolute Gasteiger partial charge is 0.246 e. The van der Waals surface area contributed by atoms with E-state index in [0.29, 0.717) is 13.1 Å². The van der Waals surface area contributed by atoms with Crippen molar-refractivity contribution in [3.63, 3.8) is 0 Å². The van der Waals surface area contributed by atoms with Gasteiger partial charge in [-0.2, -0.15) is 0 Å². The number of carbonyl (C=O) groups excluding carboxylic acids is 2. The van der Waals surface area contributed by atoms with Crippen LogP contribution in [-0.2, 0) is 0 Å². The summed E-state index contributed by atoms with van der Waals surface area (Å²) in [6, 6.07) is 4.24. The van der Waals surface area contributed by atoms with Crippen LogP contribution in [0.3, 0.4) is 0 Å². The van der Waals surface area contributed by atoms with Crippen LogP contribution in [-0.4, -0.2) is 55.7 Å². The van der Waals surface area contributed by atoms with Crippen LogP contribution in [0.1, 0.15) is 21.0 Å². The van der Waals surface area contributed by atoms with Crippen LogP contribution in [0.5, 0.6) is 5.75 Å². The van der Waals surface area contributed by atoms with Crippen molar-refractivity contribution in [1.29, 1.82) is 0 Å². The number of allylic oxidation sites excluding steroid dienone is 2.